The van der Waals surface area contributed by atoms with Crippen molar-refractivity contribution in [1.29, 1.82) is 0 Å². The molecule has 0 unspecified atom stereocenters. The summed E-state index contributed by atoms with van der Waals surface area (Å²) in [5, 5.41) is 8.32. The van der Waals surface area contributed by atoms with Gasteiger partial charge in [-0.2, -0.15) is 0 Å². The molecule has 0 atom stereocenters. The first kappa shape index (κ1) is 20.8. The van der Waals surface area contributed by atoms with Crippen LogP contribution in [0.5, 0.6) is 0 Å². The molecule has 3 aromatic rings. The fourth-order valence-electron chi connectivity index (χ4n) is 2.87. The smallest absolute Gasteiger partial charge is 0.326 e. The molecule has 0 saturated carbocycles. The average Bonchev–Trinajstić information content (AvgIpc) is 2.70. The minimum atomic E-state index is -0.414. The molecule has 30 heavy (non-hydrogen) atoms. The summed E-state index contributed by atoms with van der Waals surface area (Å²) in [6.45, 7) is 2.29. The van der Waals surface area contributed by atoms with E-state index < -0.39 is 6.03 Å². The highest BCUT2D eigenvalue weighted by Gasteiger charge is 2.06. The van der Waals surface area contributed by atoms with Gasteiger partial charge in [-0.3, -0.25) is 9.36 Å². The molecule has 3 rings (SSSR count). The number of urea groups is 1. The van der Waals surface area contributed by atoms with E-state index >= 15 is 0 Å². The summed E-state index contributed by atoms with van der Waals surface area (Å²) in [7, 11) is 0. The first-order chi connectivity index (χ1) is 14.5. The Balaban J connectivity index is 1.62. The number of rotatable bonds is 7. The molecule has 3 amide bonds. The van der Waals surface area contributed by atoms with E-state index in [1.165, 1.54) is 10.8 Å². The lowest BCUT2D eigenvalue weighted by atomic mass is 10.2. The van der Waals surface area contributed by atoms with Gasteiger partial charge in [-0.1, -0.05) is 25.1 Å². The molecule has 1 aromatic heterocycles. The standard InChI is InChI=1S/C22H23N5O3/c1-2-6-20(28)24-18-9-4-10-19(14-18)26-21(29)25-17-8-3-7-16(13-17)15-27-12-5-11-23-22(27)30/h3-5,7-14H,2,6,15H2,1H3,(H,24,28)(H2,25,26,29). The number of amides is 3. The summed E-state index contributed by atoms with van der Waals surface area (Å²) in [5.41, 5.74) is 2.28. The molecule has 0 spiro atoms. The summed E-state index contributed by atoms with van der Waals surface area (Å²) in [4.78, 5) is 39.6. The average molecular weight is 405 g/mol. The molecule has 0 radical (unpaired) electrons. The molecular weight excluding hydrogens is 382 g/mol. The molecule has 0 aliphatic rings. The van der Waals surface area contributed by atoms with Gasteiger partial charge in [0.25, 0.3) is 0 Å². The number of hydrogen-bond donors (Lipinski definition) is 3. The van der Waals surface area contributed by atoms with Crippen LogP contribution < -0.4 is 21.6 Å². The van der Waals surface area contributed by atoms with Gasteiger partial charge in [0.1, 0.15) is 0 Å². The molecule has 8 nitrogen and oxygen atoms in total. The van der Waals surface area contributed by atoms with Crippen molar-refractivity contribution in [3.63, 3.8) is 0 Å². The van der Waals surface area contributed by atoms with E-state index in [0.717, 1.165) is 12.0 Å². The van der Waals surface area contributed by atoms with Crippen LogP contribution in [0.3, 0.4) is 0 Å². The molecule has 0 saturated heterocycles. The second-order valence-electron chi connectivity index (χ2n) is 6.69. The Morgan fingerprint density at radius 1 is 0.933 bits per heavy atom. The quantitative estimate of drug-likeness (QED) is 0.558. The van der Waals surface area contributed by atoms with E-state index in [-0.39, 0.29) is 11.6 Å². The van der Waals surface area contributed by atoms with Crippen LogP contribution in [0.1, 0.15) is 25.3 Å². The molecule has 154 valence electrons. The zero-order valence-corrected chi connectivity index (χ0v) is 16.6. The molecular formula is C22H23N5O3. The Labute approximate surface area is 174 Å². The van der Waals surface area contributed by atoms with Crippen LogP contribution in [0.25, 0.3) is 0 Å². The largest absolute Gasteiger partial charge is 0.347 e. The number of nitrogens with one attached hydrogen (secondary N) is 3. The number of hydrogen-bond acceptors (Lipinski definition) is 4. The van der Waals surface area contributed by atoms with Gasteiger partial charge < -0.3 is 16.0 Å². The second-order valence-corrected chi connectivity index (χ2v) is 6.69. The van der Waals surface area contributed by atoms with E-state index in [1.54, 1.807) is 54.7 Å². The Morgan fingerprint density at radius 3 is 2.30 bits per heavy atom. The Bertz CT molecular complexity index is 1090. The number of benzene rings is 2. The highest BCUT2D eigenvalue weighted by Crippen LogP contribution is 2.17. The van der Waals surface area contributed by atoms with Crippen molar-refractivity contribution in [3.05, 3.63) is 83.0 Å². The van der Waals surface area contributed by atoms with Crippen molar-refractivity contribution in [2.75, 3.05) is 16.0 Å². The number of aromatic nitrogens is 2. The van der Waals surface area contributed by atoms with Crippen LogP contribution in [-0.2, 0) is 11.3 Å². The zero-order valence-electron chi connectivity index (χ0n) is 16.6. The molecule has 1 heterocycles. The van der Waals surface area contributed by atoms with Crippen LogP contribution in [0, 0.1) is 0 Å². The van der Waals surface area contributed by atoms with Gasteiger partial charge in [-0.05, 0) is 48.4 Å². The molecule has 8 heteroatoms. The van der Waals surface area contributed by atoms with Crippen LogP contribution in [-0.4, -0.2) is 21.5 Å². The molecule has 2 aromatic carbocycles. The summed E-state index contributed by atoms with van der Waals surface area (Å²) in [6.07, 6.45) is 4.32. The predicted octanol–water partition coefficient (Wildman–Crippen LogP) is 3.67. The summed E-state index contributed by atoms with van der Waals surface area (Å²) >= 11 is 0. The van der Waals surface area contributed by atoms with Crippen LogP contribution in [0.2, 0.25) is 0 Å². The van der Waals surface area contributed by atoms with Crippen molar-refractivity contribution in [2.45, 2.75) is 26.3 Å². The molecule has 0 bridgehead atoms. The summed E-state index contributed by atoms with van der Waals surface area (Å²) < 4.78 is 1.48. The minimum Gasteiger partial charge on any atom is -0.326 e. The number of anilines is 3. The SMILES string of the molecule is CCCC(=O)Nc1cccc(NC(=O)Nc2cccc(Cn3cccnc3=O)c2)c1. The monoisotopic (exact) mass is 405 g/mol. The highest BCUT2D eigenvalue weighted by atomic mass is 16.2. The topological polar surface area (TPSA) is 105 Å². The maximum absolute atomic E-state index is 12.4. The van der Waals surface area contributed by atoms with Crippen molar-refractivity contribution in [2.24, 2.45) is 0 Å². The van der Waals surface area contributed by atoms with Gasteiger partial charge in [-0.25, -0.2) is 14.6 Å². The van der Waals surface area contributed by atoms with Crippen molar-refractivity contribution in [1.82, 2.24) is 9.55 Å². The van der Waals surface area contributed by atoms with Crippen LogP contribution in [0.4, 0.5) is 21.9 Å². The van der Waals surface area contributed by atoms with Crippen LogP contribution >= 0.6 is 0 Å². The van der Waals surface area contributed by atoms with Gasteiger partial charge >= 0.3 is 11.7 Å². The van der Waals surface area contributed by atoms with Gasteiger partial charge in [0.05, 0.1) is 6.54 Å². The number of carbonyl (C=O) groups is 2. The van der Waals surface area contributed by atoms with E-state index in [1.807, 2.05) is 13.0 Å². The molecule has 0 fully saturated rings. The van der Waals surface area contributed by atoms with Gasteiger partial charge in [0.2, 0.25) is 5.91 Å². The Kier molecular flexibility index (Phi) is 6.94. The Morgan fingerprint density at radius 2 is 1.60 bits per heavy atom. The Hall–Kier alpha value is -3.94. The van der Waals surface area contributed by atoms with Gasteiger partial charge in [0, 0.05) is 35.9 Å². The number of carbonyl (C=O) groups excluding carboxylic acids is 2. The lowest BCUT2D eigenvalue weighted by Crippen LogP contribution is -2.22. The highest BCUT2D eigenvalue weighted by molar-refractivity contribution is 6.00. The molecule has 3 N–H and O–H groups in total. The fourth-order valence-corrected chi connectivity index (χ4v) is 2.87. The second kappa shape index (κ2) is 10.0. The van der Waals surface area contributed by atoms with E-state index in [4.69, 9.17) is 0 Å². The maximum atomic E-state index is 12.4. The van der Waals surface area contributed by atoms with E-state index in [2.05, 4.69) is 20.9 Å². The lowest BCUT2D eigenvalue weighted by Gasteiger charge is -2.11. The zero-order chi connectivity index (χ0) is 21.3. The summed E-state index contributed by atoms with van der Waals surface area (Å²) in [5.74, 6) is -0.0661. The summed E-state index contributed by atoms with van der Waals surface area (Å²) in [6, 6.07) is 15.4. The van der Waals surface area contributed by atoms with Crippen molar-refractivity contribution < 1.29 is 9.59 Å². The lowest BCUT2D eigenvalue weighted by molar-refractivity contribution is -0.116. The van der Waals surface area contributed by atoms with Gasteiger partial charge in [0.15, 0.2) is 0 Å². The predicted molar refractivity (Wildman–Crippen MR) is 117 cm³/mol. The molecule has 0 aliphatic heterocycles. The van der Waals surface area contributed by atoms with E-state index in [9.17, 15) is 14.4 Å². The number of nitrogens with zero attached hydrogens (tertiary/aromatic N) is 2. The first-order valence-electron chi connectivity index (χ1n) is 9.62. The first-order valence-corrected chi connectivity index (χ1v) is 9.62. The minimum absolute atomic E-state index is 0.0661. The molecule has 0 aliphatic carbocycles. The third kappa shape index (κ3) is 6.03. The normalized spacial score (nSPS) is 10.3. The third-order valence-corrected chi connectivity index (χ3v) is 4.20. The fraction of sp³-hybridized carbons (Fsp3) is 0.182. The maximum Gasteiger partial charge on any atom is 0.347 e. The van der Waals surface area contributed by atoms with Crippen LogP contribution in [0.15, 0.2) is 71.8 Å². The third-order valence-electron chi connectivity index (χ3n) is 4.20. The van der Waals surface area contributed by atoms with Crippen molar-refractivity contribution in [3.8, 4) is 0 Å². The van der Waals surface area contributed by atoms with E-state index in [0.29, 0.717) is 30.0 Å². The van der Waals surface area contributed by atoms with Gasteiger partial charge in [-0.15, -0.1) is 0 Å². The van der Waals surface area contributed by atoms with Crippen molar-refractivity contribution >= 4 is 29.0 Å².